The van der Waals surface area contributed by atoms with Gasteiger partial charge in [0.1, 0.15) is 17.6 Å². The number of hydrogen-bond donors (Lipinski definition) is 1. The summed E-state index contributed by atoms with van der Waals surface area (Å²) in [5.74, 6) is 0.851. The summed E-state index contributed by atoms with van der Waals surface area (Å²) in [4.78, 5) is 14.5. The third-order valence-corrected chi connectivity index (χ3v) is 6.64. The number of aromatic nitrogens is 4. The highest BCUT2D eigenvalue weighted by molar-refractivity contribution is 14.1. The standard InChI is InChI=1S/C18H20IN5OS/c1-25-13-5-6-14(19)16(9-13)26-18-23-15-10-20-11-22-17(15)24(18)8-2-7-21-12-3-4-12/h5-6,9-12,21H,2-4,7-8H2,1H3. The Bertz CT molecular complexity index is 912. The first-order chi connectivity index (χ1) is 12.7. The first-order valence-corrected chi connectivity index (χ1v) is 10.5. The van der Waals surface area contributed by atoms with E-state index in [-0.39, 0.29) is 0 Å². The van der Waals surface area contributed by atoms with Gasteiger partial charge in [-0.15, -0.1) is 0 Å². The number of rotatable bonds is 8. The molecule has 0 bridgehead atoms. The number of aryl methyl sites for hydroxylation is 1. The van der Waals surface area contributed by atoms with E-state index in [4.69, 9.17) is 9.72 Å². The van der Waals surface area contributed by atoms with Gasteiger partial charge in [-0.25, -0.2) is 15.0 Å². The van der Waals surface area contributed by atoms with E-state index in [0.29, 0.717) is 0 Å². The van der Waals surface area contributed by atoms with E-state index >= 15 is 0 Å². The molecular weight excluding hydrogens is 461 g/mol. The van der Waals surface area contributed by atoms with Crippen molar-refractivity contribution >= 4 is 45.5 Å². The van der Waals surface area contributed by atoms with Crippen molar-refractivity contribution in [1.82, 2.24) is 24.8 Å². The van der Waals surface area contributed by atoms with E-state index in [0.717, 1.165) is 52.5 Å². The number of hydrogen-bond acceptors (Lipinski definition) is 6. The summed E-state index contributed by atoms with van der Waals surface area (Å²) in [5.41, 5.74) is 1.73. The molecular formula is C18H20IN5OS. The van der Waals surface area contributed by atoms with E-state index < -0.39 is 0 Å². The van der Waals surface area contributed by atoms with Gasteiger partial charge in [0.25, 0.3) is 0 Å². The molecule has 1 saturated carbocycles. The Morgan fingerprint density at radius 3 is 3.08 bits per heavy atom. The van der Waals surface area contributed by atoms with E-state index in [9.17, 15) is 0 Å². The lowest BCUT2D eigenvalue weighted by Gasteiger charge is -2.10. The zero-order valence-corrected chi connectivity index (χ0v) is 17.5. The van der Waals surface area contributed by atoms with Gasteiger partial charge in [0.05, 0.1) is 13.3 Å². The SMILES string of the molecule is COc1ccc(I)c(Sc2nc3cncnc3n2CCCNC2CC2)c1. The highest BCUT2D eigenvalue weighted by Crippen LogP contribution is 2.34. The molecule has 0 saturated heterocycles. The van der Waals surface area contributed by atoms with Gasteiger partial charge in [-0.1, -0.05) is 11.8 Å². The molecule has 1 aliphatic rings. The van der Waals surface area contributed by atoms with Crippen LogP contribution in [0.2, 0.25) is 0 Å². The molecule has 26 heavy (non-hydrogen) atoms. The fourth-order valence-corrected chi connectivity index (χ4v) is 4.39. The van der Waals surface area contributed by atoms with Crippen LogP contribution in [-0.2, 0) is 6.54 Å². The molecule has 2 aromatic heterocycles. The molecule has 0 atom stereocenters. The molecule has 3 aromatic rings. The molecule has 4 rings (SSSR count). The number of ether oxygens (including phenoxy) is 1. The van der Waals surface area contributed by atoms with Crippen molar-refractivity contribution in [3.05, 3.63) is 34.3 Å². The minimum Gasteiger partial charge on any atom is -0.497 e. The Morgan fingerprint density at radius 2 is 2.27 bits per heavy atom. The van der Waals surface area contributed by atoms with Crippen LogP contribution in [-0.4, -0.2) is 39.2 Å². The molecule has 0 radical (unpaired) electrons. The summed E-state index contributed by atoms with van der Waals surface area (Å²) in [6.07, 6.45) is 7.05. The second-order valence-corrected chi connectivity index (χ2v) is 8.43. The lowest BCUT2D eigenvalue weighted by molar-refractivity contribution is 0.413. The van der Waals surface area contributed by atoms with Crippen molar-refractivity contribution in [3.8, 4) is 5.75 Å². The second kappa shape index (κ2) is 8.10. The maximum atomic E-state index is 5.37. The van der Waals surface area contributed by atoms with Gasteiger partial charge in [-0.2, -0.15) is 0 Å². The van der Waals surface area contributed by atoms with E-state index in [1.807, 2.05) is 6.07 Å². The summed E-state index contributed by atoms with van der Waals surface area (Å²) < 4.78 is 8.74. The summed E-state index contributed by atoms with van der Waals surface area (Å²) in [7, 11) is 1.69. The summed E-state index contributed by atoms with van der Waals surface area (Å²) in [6, 6.07) is 6.83. The van der Waals surface area contributed by atoms with Crippen molar-refractivity contribution < 1.29 is 4.74 Å². The first kappa shape index (κ1) is 18.0. The predicted octanol–water partition coefficient (Wildman–Crippen LogP) is 3.73. The Kier molecular flexibility index (Phi) is 5.60. The molecule has 1 N–H and O–H groups in total. The Labute approximate surface area is 170 Å². The fraction of sp³-hybridized carbons (Fsp3) is 0.389. The second-order valence-electron chi connectivity index (χ2n) is 6.26. The average Bonchev–Trinajstić information content (AvgIpc) is 3.42. The van der Waals surface area contributed by atoms with Gasteiger partial charge in [-0.05, 0) is 66.6 Å². The zero-order valence-electron chi connectivity index (χ0n) is 14.5. The highest BCUT2D eigenvalue weighted by atomic mass is 127. The zero-order chi connectivity index (χ0) is 17.9. The topological polar surface area (TPSA) is 64.9 Å². The van der Waals surface area contributed by atoms with Crippen LogP contribution in [0.3, 0.4) is 0 Å². The van der Waals surface area contributed by atoms with Crippen LogP contribution < -0.4 is 10.1 Å². The predicted molar refractivity (Wildman–Crippen MR) is 111 cm³/mol. The number of methoxy groups -OCH3 is 1. The maximum absolute atomic E-state index is 5.37. The molecule has 1 aromatic carbocycles. The van der Waals surface area contributed by atoms with E-state index in [1.54, 1.807) is 31.4 Å². The third-order valence-electron chi connectivity index (χ3n) is 4.28. The van der Waals surface area contributed by atoms with Crippen molar-refractivity contribution in [2.24, 2.45) is 0 Å². The Hall–Kier alpha value is -1.39. The van der Waals surface area contributed by atoms with Gasteiger partial charge in [0.15, 0.2) is 10.8 Å². The number of nitrogens with zero attached hydrogens (tertiary/aromatic N) is 4. The number of imidazole rings is 1. The minimum atomic E-state index is 0.740. The molecule has 136 valence electrons. The molecule has 0 spiro atoms. The van der Waals surface area contributed by atoms with Crippen LogP contribution in [0.4, 0.5) is 0 Å². The molecule has 1 fully saturated rings. The lowest BCUT2D eigenvalue weighted by Crippen LogP contribution is -2.19. The first-order valence-electron chi connectivity index (χ1n) is 8.65. The third kappa shape index (κ3) is 4.12. The maximum Gasteiger partial charge on any atom is 0.175 e. The van der Waals surface area contributed by atoms with Crippen LogP contribution in [0.15, 0.2) is 40.8 Å². The van der Waals surface area contributed by atoms with Crippen molar-refractivity contribution in [1.29, 1.82) is 0 Å². The number of fused-ring (bicyclic) bond motifs is 1. The summed E-state index contributed by atoms with van der Waals surface area (Å²) >= 11 is 4.00. The number of halogens is 1. The summed E-state index contributed by atoms with van der Waals surface area (Å²) in [5, 5.41) is 4.51. The largest absolute Gasteiger partial charge is 0.497 e. The summed E-state index contributed by atoms with van der Waals surface area (Å²) in [6.45, 7) is 1.91. The number of benzene rings is 1. The van der Waals surface area contributed by atoms with Crippen LogP contribution >= 0.6 is 34.4 Å². The quantitative estimate of drug-likeness (QED) is 0.391. The Morgan fingerprint density at radius 1 is 1.38 bits per heavy atom. The lowest BCUT2D eigenvalue weighted by atomic mass is 10.3. The van der Waals surface area contributed by atoms with Crippen molar-refractivity contribution in [2.45, 2.75) is 41.9 Å². The molecule has 0 aliphatic heterocycles. The molecule has 1 aliphatic carbocycles. The van der Waals surface area contributed by atoms with Gasteiger partial charge >= 0.3 is 0 Å². The molecule has 0 unspecified atom stereocenters. The van der Waals surface area contributed by atoms with Crippen LogP contribution in [0.1, 0.15) is 19.3 Å². The van der Waals surface area contributed by atoms with Gasteiger partial charge in [0, 0.05) is 21.1 Å². The molecule has 0 amide bonds. The van der Waals surface area contributed by atoms with E-state index in [1.165, 1.54) is 16.4 Å². The smallest absolute Gasteiger partial charge is 0.175 e. The normalized spacial score (nSPS) is 14.1. The molecule has 6 nitrogen and oxygen atoms in total. The molecule has 2 heterocycles. The van der Waals surface area contributed by atoms with Crippen molar-refractivity contribution in [2.75, 3.05) is 13.7 Å². The Balaban J connectivity index is 1.59. The van der Waals surface area contributed by atoms with Gasteiger partial charge in [-0.3, -0.25) is 0 Å². The van der Waals surface area contributed by atoms with Crippen LogP contribution in [0.5, 0.6) is 5.75 Å². The van der Waals surface area contributed by atoms with Crippen LogP contribution in [0.25, 0.3) is 11.2 Å². The minimum absolute atomic E-state index is 0.740. The van der Waals surface area contributed by atoms with Crippen LogP contribution in [0, 0.1) is 3.57 Å². The average molecular weight is 481 g/mol. The van der Waals surface area contributed by atoms with Crippen molar-refractivity contribution in [3.63, 3.8) is 0 Å². The fourth-order valence-electron chi connectivity index (χ4n) is 2.75. The molecule has 8 heteroatoms. The highest BCUT2D eigenvalue weighted by Gasteiger charge is 2.20. The van der Waals surface area contributed by atoms with E-state index in [2.05, 4.69) is 54.6 Å². The van der Waals surface area contributed by atoms with Gasteiger partial charge < -0.3 is 14.6 Å². The monoisotopic (exact) mass is 481 g/mol. The van der Waals surface area contributed by atoms with Gasteiger partial charge in [0.2, 0.25) is 0 Å². The number of nitrogens with one attached hydrogen (secondary N) is 1.